The fourth-order valence-corrected chi connectivity index (χ4v) is 1.82. The number of benzene rings is 2. The number of non-ortho nitro benzene ring substituents is 1. The van der Waals surface area contributed by atoms with E-state index in [1.54, 1.807) is 0 Å². The zero-order valence-corrected chi connectivity index (χ0v) is 10.7. The summed E-state index contributed by atoms with van der Waals surface area (Å²) < 4.78 is 13.2. The molecule has 0 aromatic heterocycles. The van der Waals surface area contributed by atoms with E-state index in [1.807, 2.05) is 24.3 Å². The molecule has 0 fully saturated rings. The highest BCUT2D eigenvalue weighted by Crippen LogP contribution is 2.20. The molecule has 0 bridgehead atoms. The van der Waals surface area contributed by atoms with Gasteiger partial charge in [-0.15, -0.1) is 0 Å². The highest BCUT2D eigenvalue weighted by atomic mass is 19.1. The number of rotatable bonds is 5. The van der Waals surface area contributed by atoms with Crippen molar-refractivity contribution in [2.75, 3.05) is 17.6 Å². The van der Waals surface area contributed by atoms with Crippen LogP contribution in [-0.2, 0) is 6.42 Å². The van der Waals surface area contributed by atoms with Gasteiger partial charge in [-0.2, -0.15) is 0 Å². The molecule has 0 aliphatic carbocycles. The molecule has 2 rings (SSSR count). The molecule has 0 spiro atoms. The van der Waals surface area contributed by atoms with Crippen molar-refractivity contribution in [2.24, 2.45) is 0 Å². The smallest absolute Gasteiger partial charge is 0.274 e. The van der Waals surface area contributed by atoms with E-state index in [4.69, 9.17) is 5.73 Å². The van der Waals surface area contributed by atoms with Gasteiger partial charge in [0.1, 0.15) is 5.82 Å². The van der Waals surface area contributed by atoms with Gasteiger partial charge >= 0.3 is 0 Å². The van der Waals surface area contributed by atoms with Gasteiger partial charge in [0, 0.05) is 24.0 Å². The minimum absolute atomic E-state index is 0.264. The molecule has 3 N–H and O–H groups in total. The molecule has 0 saturated heterocycles. The second kappa shape index (κ2) is 6.01. The van der Waals surface area contributed by atoms with Gasteiger partial charge in [0.15, 0.2) is 0 Å². The number of nitrogens with two attached hydrogens (primary N) is 1. The molecular formula is C14H14FN3O2. The number of hydrogen-bond donors (Lipinski definition) is 2. The Hall–Kier alpha value is -2.63. The summed E-state index contributed by atoms with van der Waals surface area (Å²) in [6.45, 7) is 0.546. The lowest BCUT2D eigenvalue weighted by Crippen LogP contribution is -2.05. The van der Waals surface area contributed by atoms with Crippen LogP contribution in [0.2, 0.25) is 0 Å². The molecule has 0 saturated carbocycles. The second-order valence-electron chi connectivity index (χ2n) is 4.37. The van der Waals surface area contributed by atoms with E-state index in [0.29, 0.717) is 24.3 Å². The average Bonchev–Trinajstić information content (AvgIpc) is 2.40. The summed E-state index contributed by atoms with van der Waals surface area (Å²) in [5, 5.41) is 13.6. The molecule has 104 valence electrons. The van der Waals surface area contributed by atoms with Crippen molar-refractivity contribution in [3.8, 4) is 0 Å². The van der Waals surface area contributed by atoms with Crippen molar-refractivity contribution < 1.29 is 9.31 Å². The summed E-state index contributed by atoms with van der Waals surface area (Å²) in [7, 11) is 0. The van der Waals surface area contributed by atoms with E-state index >= 15 is 0 Å². The monoisotopic (exact) mass is 275 g/mol. The van der Waals surface area contributed by atoms with E-state index < -0.39 is 10.7 Å². The third-order valence-corrected chi connectivity index (χ3v) is 2.82. The predicted octanol–water partition coefficient (Wildman–Crippen LogP) is 2.97. The zero-order chi connectivity index (χ0) is 14.5. The van der Waals surface area contributed by atoms with Gasteiger partial charge in [-0.25, -0.2) is 4.39 Å². The van der Waals surface area contributed by atoms with Crippen LogP contribution in [0.5, 0.6) is 0 Å². The maximum Gasteiger partial charge on any atom is 0.274 e. The minimum Gasteiger partial charge on any atom is -0.399 e. The third-order valence-electron chi connectivity index (χ3n) is 2.82. The number of nitro groups is 1. The molecule has 0 unspecified atom stereocenters. The summed E-state index contributed by atoms with van der Waals surface area (Å²) in [6.07, 6.45) is 0.713. The maximum atomic E-state index is 13.2. The normalized spacial score (nSPS) is 10.2. The Bertz CT molecular complexity index is 614. The molecule has 6 heteroatoms. The Morgan fingerprint density at radius 1 is 1.20 bits per heavy atom. The van der Waals surface area contributed by atoms with Gasteiger partial charge in [0.25, 0.3) is 5.69 Å². The van der Waals surface area contributed by atoms with Crippen molar-refractivity contribution in [1.29, 1.82) is 0 Å². The molecule has 0 aliphatic heterocycles. The van der Waals surface area contributed by atoms with Gasteiger partial charge in [0.2, 0.25) is 0 Å². The molecule has 0 atom stereocenters. The first kappa shape index (κ1) is 13.8. The maximum absolute atomic E-state index is 13.2. The van der Waals surface area contributed by atoms with E-state index in [-0.39, 0.29) is 5.69 Å². The fraction of sp³-hybridized carbons (Fsp3) is 0.143. The van der Waals surface area contributed by atoms with Crippen LogP contribution in [0, 0.1) is 15.9 Å². The molecule has 0 amide bonds. The largest absolute Gasteiger partial charge is 0.399 e. The molecule has 2 aromatic carbocycles. The van der Waals surface area contributed by atoms with E-state index in [0.717, 1.165) is 11.6 Å². The minimum atomic E-state index is -0.630. The lowest BCUT2D eigenvalue weighted by Gasteiger charge is -2.07. The summed E-state index contributed by atoms with van der Waals surface area (Å²) in [4.78, 5) is 10.0. The first-order valence-electron chi connectivity index (χ1n) is 6.08. The zero-order valence-electron chi connectivity index (χ0n) is 10.7. The third kappa shape index (κ3) is 3.68. The van der Waals surface area contributed by atoms with Gasteiger partial charge in [-0.05, 0) is 30.2 Å². The van der Waals surface area contributed by atoms with Gasteiger partial charge < -0.3 is 11.1 Å². The van der Waals surface area contributed by atoms with Crippen LogP contribution in [0.1, 0.15) is 5.56 Å². The Balaban J connectivity index is 1.97. The summed E-state index contributed by atoms with van der Waals surface area (Å²) >= 11 is 0. The van der Waals surface area contributed by atoms with Gasteiger partial charge in [0.05, 0.1) is 11.0 Å². The second-order valence-corrected chi connectivity index (χ2v) is 4.37. The SMILES string of the molecule is Nc1ccc(CCNc2cc(F)cc([N+](=O)[O-])c2)cc1. The number of nitrogens with one attached hydrogen (secondary N) is 1. The van der Waals surface area contributed by atoms with Crippen LogP contribution >= 0.6 is 0 Å². The topological polar surface area (TPSA) is 81.2 Å². The number of anilines is 2. The van der Waals surface area contributed by atoms with Crippen molar-refractivity contribution in [1.82, 2.24) is 0 Å². The van der Waals surface area contributed by atoms with Crippen molar-refractivity contribution in [3.05, 3.63) is 64.0 Å². The van der Waals surface area contributed by atoms with Crippen LogP contribution in [0.4, 0.5) is 21.5 Å². The lowest BCUT2D eigenvalue weighted by atomic mass is 10.1. The lowest BCUT2D eigenvalue weighted by molar-refractivity contribution is -0.385. The summed E-state index contributed by atoms with van der Waals surface area (Å²) in [5.41, 5.74) is 7.50. The molecule has 0 aliphatic rings. The Labute approximate surface area is 115 Å². The van der Waals surface area contributed by atoms with Crippen molar-refractivity contribution >= 4 is 17.1 Å². The van der Waals surface area contributed by atoms with Crippen LogP contribution in [0.15, 0.2) is 42.5 Å². The summed E-state index contributed by atoms with van der Waals surface area (Å²) in [6, 6.07) is 10.9. The first-order valence-corrected chi connectivity index (χ1v) is 6.08. The molecule has 0 radical (unpaired) electrons. The highest BCUT2D eigenvalue weighted by Gasteiger charge is 2.09. The molecule has 20 heavy (non-hydrogen) atoms. The molecule has 2 aromatic rings. The number of halogens is 1. The highest BCUT2D eigenvalue weighted by molar-refractivity contribution is 5.51. The number of nitro benzene ring substituents is 1. The van der Waals surface area contributed by atoms with Gasteiger partial charge in [-0.1, -0.05) is 12.1 Å². The van der Waals surface area contributed by atoms with Crippen molar-refractivity contribution in [2.45, 2.75) is 6.42 Å². The quantitative estimate of drug-likeness (QED) is 0.499. The van der Waals surface area contributed by atoms with Gasteiger partial charge in [-0.3, -0.25) is 10.1 Å². The van der Waals surface area contributed by atoms with E-state index in [1.165, 1.54) is 12.1 Å². The fourth-order valence-electron chi connectivity index (χ4n) is 1.82. The molecular weight excluding hydrogens is 261 g/mol. The summed E-state index contributed by atoms with van der Waals surface area (Å²) in [5.74, 6) is -0.630. The van der Waals surface area contributed by atoms with Crippen LogP contribution in [-0.4, -0.2) is 11.5 Å². The number of nitrogen functional groups attached to an aromatic ring is 1. The Kier molecular flexibility index (Phi) is 4.14. The van der Waals surface area contributed by atoms with Crippen molar-refractivity contribution in [3.63, 3.8) is 0 Å². The first-order chi connectivity index (χ1) is 9.54. The predicted molar refractivity (Wildman–Crippen MR) is 76.1 cm³/mol. The van der Waals surface area contributed by atoms with Crippen LogP contribution in [0.3, 0.4) is 0 Å². The Morgan fingerprint density at radius 3 is 2.55 bits per heavy atom. The van der Waals surface area contributed by atoms with Crippen LogP contribution < -0.4 is 11.1 Å². The van der Waals surface area contributed by atoms with E-state index in [9.17, 15) is 14.5 Å². The average molecular weight is 275 g/mol. The number of nitrogens with zero attached hydrogens (tertiary/aromatic N) is 1. The van der Waals surface area contributed by atoms with E-state index in [2.05, 4.69) is 5.32 Å². The Morgan fingerprint density at radius 2 is 1.90 bits per heavy atom. The van der Waals surface area contributed by atoms with Crippen LogP contribution in [0.25, 0.3) is 0 Å². The number of hydrogen-bond acceptors (Lipinski definition) is 4. The molecule has 5 nitrogen and oxygen atoms in total. The molecule has 0 heterocycles. The standard InChI is InChI=1S/C14H14FN3O2/c15-11-7-13(9-14(8-11)18(19)20)17-6-5-10-1-3-12(16)4-2-10/h1-4,7-9,17H,5-6,16H2.